The Morgan fingerprint density at radius 1 is 1.31 bits per heavy atom. The topological polar surface area (TPSA) is 60.2 Å². The summed E-state index contributed by atoms with van der Waals surface area (Å²) in [6.45, 7) is -0.206. The van der Waals surface area contributed by atoms with Crippen molar-refractivity contribution in [2.75, 3.05) is 6.54 Å². The zero-order chi connectivity index (χ0) is 11.8. The highest BCUT2D eigenvalue weighted by Crippen LogP contribution is 2.08. The standard InChI is InChI=1S/C12H13NO3/c14-9-8-12(10-13(15)16)7-6-11-4-2-1-3-5-11/h1-7,9,12H,8,10H2/b7-6+/t12-/m1/s1. The second kappa shape index (κ2) is 6.50. The van der Waals surface area contributed by atoms with Crippen molar-refractivity contribution >= 4 is 12.4 Å². The lowest BCUT2D eigenvalue weighted by atomic mass is 10.0. The molecule has 0 aromatic heterocycles. The first-order valence-corrected chi connectivity index (χ1v) is 5.01. The van der Waals surface area contributed by atoms with Gasteiger partial charge in [-0.3, -0.25) is 10.1 Å². The van der Waals surface area contributed by atoms with Crippen LogP contribution in [0.4, 0.5) is 0 Å². The van der Waals surface area contributed by atoms with E-state index in [1.807, 2.05) is 30.3 Å². The van der Waals surface area contributed by atoms with E-state index in [4.69, 9.17) is 0 Å². The van der Waals surface area contributed by atoms with E-state index in [0.717, 1.165) is 5.56 Å². The summed E-state index contributed by atoms with van der Waals surface area (Å²) >= 11 is 0. The fourth-order valence-corrected chi connectivity index (χ4v) is 1.34. The molecule has 4 heteroatoms. The molecule has 16 heavy (non-hydrogen) atoms. The van der Waals surface area contributed by atoms with Crippen LogP contribution in [-0.2, 0) is 4.79 Å². The Balaban J connectivity index is 2.63. The van der Waals surface area contributed by atoms with E-state index in [1.54, 1.807) is 12.2 Å². The van der Waals surface area contributed by atoms with Gasteiger partial charge >= 0.3 is 0 Å². The molecule has 0 spiro atoms. The largest absolute Gasteiger partial charge is 0.303 e. The molecule has 0 heterocycles. The maximum atomic E-state index is 10.4. The van der Waals surface area contributed by atoms with Gasteiger partial charge in [-0.15, -0.1) is 0 Å². The molecule has 0 aliphatic rings. The molecular weight excluding hydrogens is 206 g/mol. The first-order chi connectivity index (χ1) is 7.72. The molecule has 84 valence electrons. The molecule has 1 rings (SSSR count). The van der Waals surface area contributed by atoms with E-state index in [1.165, 1.54) is 0 Å². The van der Waals surface area contributed by atoms with Crippen LogP contribution in [0.25, 0.3) is 6.08 Å². The summed E-state index contributed by atoms with van der Waals surface area (Å²) in [4.78, 5) is 20.3. The molecule has 0 bridgehead atoms. The second-order valence-corrected chi connectivity index (χ2v) is 3.45. The van der Waals surface area contributed by atoms with Crippen LogP contribution in [0.2, 0.25) is 0 Å². The van der Waals surface area contributed by atoms with E-state index in [-0.39, 0.29) is 18.9 Å². The Hall–Kier alpha value is -1.97. The van der Waals surface area contributed by atoms with Gasteiger partial charge in [0.25, 0.3) is 0 Å². The molecule has 0 aliphatic heterocycles. The summed E-state index contributed by atoms with van der Waals surface area (Å²) in [6.07, 6.45) is 4.41. The van der Waals surface area contributed by atoms with Crippen LogP contribution in [0.3, 0.4) is 0 Å². The molecular formula is C12H13NO3. The molecule has 0 saturated heterocycles. The lowest BCUT2D eigenvalue weighted by Gasteiger charge is -2.02. The van der Waals surface area contributed by atoms with Crippen LogP contribution in [0.1, 0.15) is 12.0 Å². The van der Waals surface area contributed by atoms with Crippen LogP contribution >= 0.6 is 0 Å². The minimum Gasteiger partial charge on any atom is -0.303 e. The van der Waals surface area contributed by atoms with Crippen LogP contribution < -0.4 is 0 Å². The van der Waals surface area contributed by atoms with E-state index < -0.39 is 4.92 Å². The molecule has 0 saturated carbocycles. The summed E-state index contributed by atoms with van der Waals surface area (Å²) in [5.41, 5.74) is 0.974. The predicted octanol–water partition coefficient (Wildman–Crippen LogP) is 2.18. The second-order valence-electron chi connectivity index (χ2n) is 3.45. The van der Waals surface area contributed by atoms with E-state index in [2.05, 4.69) is 0 Å². The Kier molecular flexibility index (Phi) is 4.92. The van der Waals surface area contributed by atoms with Crippen molar-refractivity contribution in [3.8, 4) is 0 Å². The normalized spacial score (nSPS) is 12.5. The fourth-order valence-electron chi connectivity index (χ4n) is 1.34. The highest BCUT2D eigenvalue weighted by Gasteiger charge is 2.10. The van der Waals surface area contributed by atoms with Gasteiger partial charge in [-0.2, -0.15) is 0 Å². The van der Waals surface area contributed by atoms with Crippen molar-refractivity contribution in [1.82, 2.24) is 0 Å². The number of rotatable bonds is 6. The third kappa shape index (κ3) is 4.50. The molecule has 0 radical (unpaired) electrons. The van der Waals surface area contributed by atoms with Crippen molar-refractivity contribution in [2.24, 2.45) is 5.92 Å². The zero-order valence-corrected chi connectivity index (χ0v) is 8.78. The van der Waals surface area contributed by atoms with Crippen LogP contribution in [0.15, 0.2) is 36.4 Å². The number of benzene rings is 1. The average molecular weight is 219 g/mol. The Labute approximate surface area is 93.7 Å². The molecule has 0 unspecified atom stereocenters. The summed E-state index contributed by atoms with van der Waals surface area (Å²) in [7, 11) is 0. The molecule has 4 nitrogen and oxygen atoms in total. The maximum absolute atomic E-state index is 10.4. The van der Waals surface area contributed by atoms with Crippen molar-refractivity contribution < 1.29 is 9.72 Å². The molecule has 1 aromatic carbocycles. The maximum Gasteiger partial charge on any atom is 0.210 e. The van der Waals surface area contributed by atoms with Gasteiger partial charge in [0, 0.05) is 17.3 Å². The van der Waals surface area contributed by atoms with Gasteiger partial charge in [0.15, 0.2) is 0 Å². The first-order valence-electron chi connectivity index (χ1n) is 5.01. The molecule has 1 atom stereocenters. The van der Waals surface area contributed by atoms with Crippen molar-refractivity contribution in [1.29, 1.82) is 0 Å². The van der Waals surface area contributed by atoms with Crippen LogP contribution in [0.5, 0.6) is 0 Å². The van der Waals surface area contributed by atoms with Gasteiger partial charge in [0.05, 0.1) is 0 Å². The molecule has 0 N–H and O–H groups in total. The third-order valence-corrected chi connectivity index (χ3v) is 2.14. The molecule has 0 amide bonds. The minimum absolute atomic E-state index is 0.185. The quantitative estimate of drug-likeness (QED) is 0.418. The summed E-state index contributed by atoms with van der Waals surface area (Å²) in [5, 5.41) is 10.4. The molecule has 0 fully saturated rings. The minimum atomic E-state index is -0.399. The Bertz CT molecular complexity index is 373. The smallest absolute Gasteiger partial charge is 0.210 e. The van der Waals surface area contributed by atoms with Crippen molar-refractivity contribution in [2.45, 2.75) is 6.42 Å². The predicted molar refractivity (Wildman–Crippen MR) is 61.5 cm³/mol. The third-order valence-electron chi connectivity index (χ3n) is 2.14. The molecule has 1 aromatic rings. The number of hydrogen-bond acceptors (Lipinski definition) is 3. The van der Waals surface area contributed by atoms with E-state index >= 15 is 0 Å². The van der Waals surface area contributed by atoms with Gasteiger partial charge in [-0.1, -0.05) is 42.5 Å². The number of nitrogens with zero attached hydrogens (tertiary/aromatic N) is 1. The number of carbonyl (C=O) groups excluding carboxylic acids is 1. The molecule has 0 aliphatic carbocycles. The lowest BCUT2D eigenvalue weighted by Crippen LogP contribution is -2.12. The number of nitro groups is 1. The fraction of sp³-hybridized carbons (Fsp3) is 0.250. The average Bonchev–Trinajstić information content (AvgIpc) is 2.27. The van der Waals surface area contributed by atoms with Crippen molar-refractivity contribution in [3.63, 3.8) is 0 Å². The van der Waals surface area contributed by atoms with Gasteiger partial charge < -0.3 is 4.79 Å². The van der Waals surface area contributed by atoms with Crippen LogP contribution in [-0.4, -0.2) is 17.8 Å². The van der Waals surface area contributed by atoms with Crippen molar-refractivity contribution in [3.05, 3.63) is 52.1 Å². The number of aldehydes is 1. The van der Waals surface area contributed by atoms with E-state index in [9.17, 15) is 14.9 Å². The highest BCUT2D eigenvalue weighted by molar-refractivity contribution is 5.53. The summed E-state index contributed by atoms with van der Waals surface area (Å²) < 4.78 is 0. The lowest BCUT2D eigenvalue weighted by molar-refractivity contribution is -0.485. The summed E-state index contributed by atoms with van der Waals surface area (Å²) in [6, 6.07) is 9.49. The van der Waals surface area contributed by atoms with Gasteiger partial charge in [-0.25, -0.2) is 0 Å². The monoisotopic (exact) mass is 219 g/mol. The first kappa shape index (κ1) is 12.1. The number of hydrogen-bond donors (Lipinski definition) is 0. The van der Waals surface area contributed by atoms with Gasteiger partial charge in [0.1, 0.15) is 6.29 Å². The van der Waals surface area contributed by atoms with Crippen LogP contribution in [0, 0.1) is 16.0 Å². The Morgan fingerprint density at radius 2 is 2.00 bits per heavy atom. The number of carbonyl (C=O) groups is 1. The highest BCUT2D eigenvalue weighted by atomic mass is 16.6. The SMILES string of the molecule is O=CC[C@@H](/C=C/c1ccccc1)C[N+](=O)[O-]. The van der Waals surface area contributed by atoms with E-state index in [0.29, 0.717) is 6.29 Å². The zero-order valence-electron chi connectivity index (χ0n) is 8.78. The summed E-state index contributed by atoms with van der Waals surface area (Å²) in [5.74, 6) is -0.326. The van der Waals surface area contributed by atoms with Gasteiger partial charge in [0.2, 0.25) is 6.54 Å². The Morgan fingerprint density at radius 3 is 2.56 bits per heavy atom. The van der Waals surface area contributed by atoms with Gasteiger partial charge in [-0.05, 0) is 5.56 Å².